The average Bonchev–Trinajstić information content (AvgIpc) is 2.30. The van der Waals surface area contributed by atoms with E-state index in [2.05, 4.69) is 22.4 Å². The van der Waals surface area contributed by atoms with Gasteiger partial charge in [0, 0.05) is 25.5 Å². The van der Waals surface area contributed by atoms with Gasteiger partial charge in [0.05, 0.1) is 6.61 Å². The van der Waals surface area contributed by atoms with Crippen LogP contribution in [0.3, 0.4) is 0 Å². The van der Waals surface area contributed by atoms with Crippen LogP contribution >= 0.6 is 0 Å². The molecule has 0 saturated heterocycles. The van der Waals surface area contributed by atoms with Crippen LogP contribution in [0.5, 0.6) is 0 Å². The number of aryl methyl sites for hydroxylation is 2. The summed E-state index contributed by atoms with van der Waals surface area (Å²) in [5, 5.41) is 3.34. The van der Waals surface area contributed by atoms with Crippen molar-refractivity contribution in [3.8, 4) is 0 Å². The van der Waals surface area contributed by atoms with Gasteiger partial charge >= 0.3 is 0 Å². The normalized spacial score (nSPS) is 10.6. The van der Waals surface area contributed by atoms with Gasteiger partial charge in [0.1, 0.15) is 0 Å². The number of unbranched alkanes of at least 4 members (excludes halogenated alkanes) is 1. The molecular weight excluding hydrogens is 200 g/mol. The molecule has 3 heteroatoms. The summed E-state index contributed by atoms with van der Waals surface area (Å²) in [6, 6.07) is 4.24. The average molecular weight is 222 g/mol. The summed E-state index contributed by atoms with van der Waals surface area (Å²) in [7, 11) is 1.73. The van der Waals surface area contributed by atoms with Gasteiger partial charge in [-0.15, -0.1) is 0 Å². The Labute approximate surface area is 98.2 Å². The highest BCUT2D eigenvalue weighted by Crippen LogP contribution is 2.04. The number of aromatic nitrogens is 1. The Balaban J connectivity index is 2.01. The molecule has 0 amide bonds. The van der Waals surface area contributed by atoms with Gasteiger partial charge in [0.2, 0.25) is 0 Å². The van der Waals surface area contributed by atoms with E-state index in [0.29, 0.717) is 0 Å². The maximum atomic E-state index is 4.96. The lowest BCUT2D eigenvalue weighted by atomic mass is 10.1. The molecule has 90 valence electrons. The highest BCUT2D eigenvalue weighted by Gasteiger charge is 1.94. The highest BCUT2D eigenvalue weighted by molar-refractivity contribution is 5.12. The third-order valence-corrected chi connectivity index (χ3v) is 2.52. The quantitative estimate of drug-likeness (QED) is 0.683. The van der Waals surface area contributed by atoms with Crippen molar-refractivity contribution in [1.82, 2.24) is 10.3 Å². The first-order valence-electron chi connectivity index (χ1n) is 5.94. The zero-order valence-electron chi connectivity index (χ0n) is 10.3. The summed E-state index contributed by atoms with van der Waals surface area (Å²) in [6.45, 7) is 4.83. The first-order valence-corrected chi connectivity index (χ1v) is 5.94. The van der Waals surface area contributed by atoms with E-state index in [4.69, 9.17) is 4.74 Å². The van der Waals surface area contributed by atoms with Crippen molar-refractivity contribution < 1.29 is 4.74 Å². The zero-order valence-corrected chi connectivity index (χ0v) is 10.3. The number of nitrogens with one attached hydrogen (secondary N) is 1. The molecule has 1 aromatic heterocycles. The van der Waals surface area contributed by atoms with E-state index in [1.807, 2.05) is 13.1 Å². The molecule has 0 saturated carbocycles. The molecule has 0 spiro atoms. The number of pyridine rings is 1. The highest BCUT2D eigenvalue weighted by atomic mass is 16.5. The van der Waals surface area contributed by atoms with E-state index in [9.17, 15) is 0 Å². The van der Waals surface area contributed by atoms with Crippen LogP contribution in [0.25, 0.3) is 0 Å². The standard InChI is InChI=1S/C13H22N2O/c1-12-6-7-13(11-15-12)5-3-4-8-14-9-10-16-2/h6-7,11,14H,3-5,8-10H2,1-2H3. The Hall–Kier alpha value is -0.930. The fraction of sp³-hybridized carbons (Fsp3) is 0.615. The van der Waals surface area contributed by atoms with Crippen LogP contribution in [0.4, 0.5) is 0 Å². The molecule has 0 unspecified atom stereocenters. The Bertz CT molecular complexity index is 272. The Morgan fingerprint density at radius 2 is 2.12 bits per heavy atom. The fourth-order valence-electron chi connectivity index (χ4n) is 1.52. The number of hydrogen-bond donors (Lipinski definition) is 1. The molecule has 16 heavy (non-hydrogen) atoms. The molecular formula is C13H22N2O. The third-order valence-electron chi connectivity index (χ3n) is 2.52. The van der Waals surface area contributed by atoms with Crippen molar-refractivity contribution in [2.45, 2.75) is 26.2 Å². The van der Waals surface area contributed by atoms with Crippen LogP contribution in [0.15, 0.2) is 18.3 Å². The molecule has 1 heterocycles. The molecule has 0 aliphatic heterocycles. The first-order chi connectivity index (χ1) is 7.83. The number of methoxy groups -OCH3 is 1. The Morgan fingerprint density at radius 1 is 1.25 bits per heavy atom. The predicted molar refractivity (Wildman–Crippen MR) is 66.7 cm³/mol. The van der Waals surface area contributed by atoms with Gasteiger partial charge in [-0.2, -0.15) is 0 Å². The molecule has 1 N–H and O–H groups in total. The topological polar surface area (TPSA) is 34.1 Å². The van der Waals surface area contributed by atoms with Crippen LogP contribution in [0.1, 0.15) is 24.1 Å². The van der Waals surface area contributed by atoms with Crippen molar-refractivity contribution >= 4 is 0 Å². The molecule has 0 aromatic carbocycles. The third kappa shape index (κ3) is 5.83. The number of nitrogens with zero attached hydrogens (tertiary/aromatic N) is 1. The van der Waals surface area contributed by atoms with Crippen LogP contribution in [-0.4, -0.2) is 31.8 Å². The number of ether oxygens (including phenoxy) is 1. The zero-order chi connectivity index (χ0) is 11.6. The fourth-order valence-corrected chi connectivity index (χ4v) is 1.52. The second-order valence-electron chi connectivity index (χ2n) is 4.01. The molecule has 0 bridgehead atoms. The SMILES string of the molecule is COCCNCCCCc1ccc(C)nc1. The second-order valence-corrected chi connectivity index (χ2v) is 4.01. The lowest BCUT2D eigenvalue weighted by Crippen LogP contribution is -2.20. The predicted octanol–water partition coefficient (Wildman–Crippen LogP) is 1.95. The maximum Gasteiger partial charge on any atom is 0.0587 e. The van der Waals surface area contributed by atoms with E-state index in [0.717, 1.165) is 31.8 Å². The Kier molecular flexibility index (Phi) is 6.77. The van der Waals surface area contributed by atoms with Gasteiger partial charge in [-0.25, -0.2) is 0 Å². The molecule has 1 rings (SSSR count). The minimum Gasteiger partial charge on any atom is -0.383 e. The molecule has 0 atom stereocenters. The maximum absolute atomic E-state index is 4.96. The van der Waals surface area contributed by atoms with E-state index < -0.39 is 0 Å². The second kappa shape index (κ2) is 8.25. The lowest BCUT2D eigenvalue weighted by Gasteiger charge is -2.04. The van der Waals surface area contributed by atoms with E-state index in [-0.39, 0.29) is 0 Å². The van der Waals surface area contributed by atoms with E-state index in [1.165, 1.54) is 18.4 Å². The first kappa shape index (κ1) is 13.1. The number of rotatable bonds is 8. The van der Waals surface area contributed by atoms with Crippen LogP contribution in [0.2, 0.25) is 0 Å². The molecule has 0 radical (unpaired) electrons. The van der Waals surface area contributed by atoms with Crippen molar-refractivity contribution in [3.63, 3.8) is 0 Å². The largest absolute Gasteiger partial charge is 0.383 e. The molecule has 0 fully saturated rings. The van der Waals surface area contributed by atoms with Gasteiger partial charge in [0.15, 0.2) is 0 Å². The minimum absolute atomic E-state index is 0.794. The van der Waals surface area contributed by atoms with Crippen molar-refractivity contribution in [2.24, 2.45) is 0 Å². The Morgan fingerprint density at radius 3 is 2.81 bits per heavy atom. The smallest absolute Gasteiger partial charge is 0.0587 e. The monoisotopic (exact) mass is 222 g/mol. The van der Waals surface area contributed by atoms with Crippen LogP contribution in [0, 0.1) is 6.92 Å². The molecule has 0 aliphatic rings. The summed E-state index contributed by atoms with van der Waals surface area (Å²) in [5.74, 6) is 0. The summed E-state index contributed by atoms with van der Waals surface area (Å²) >= 11 is 0. The van der Waals surface area contributed by atoms with Gasteiger partial charge < -0.3 is 10.1 Å². The molecule has 1 aromatic rings. The number of hydrogen-bond acceptors (Lipinski definition) is 3. The van der Waals surface area contributed by atoms with Crippen LogP contribution in [-0.2, 0) is 11.2 Å². The van der Waals surface area contributed by atoms with Gasteiger partial charge in [-0.3, -0.25) is 4.98 Å². The van der Waals surface area contributed by atoms with Gasteiger partial charge in [-0.1, -0.05) is 6.07 Å². The van der Waals surface area contributed by atoms with Crippen molar-refractivity contribution in [2.75, 3.05) is 26.8 Å². The summed E-state index contributed by atoms with van der Waals surface area (Å²) in [4.78, 5) is 4.29. The van der Waals surface area contributed by atoms with Crippen molar-refractivity contribution in [3.05, 3.63) is 29.6 Å². The van der Waals surface area contributed by atoms with E-state index >= 15 is 0 Å². The summed E-state index contributed by atoms with van der Waals surface area (Å²) in [5.41, 5.74) is 2.42. The van der Waals surface area contributed by atoms with E-state index in [1.54, 1.807) is 7.11 Å². The lowest BCUT2D eigenvalue weighted by molar-refractivity contribution is 0.199. The minimum atomic E-state index is 0.794. The summed E-state index contributed by atoms with van der Waals surface area (Å²) < 4.78 is 4.96. The summed E-state index contributed by atoms with van der Waals surface area (Å²) in [6.07, 6.45) is 5.52. The van der Waals surface area contributed by atoms with Crippen molar-refractivity contribution in [1.29, 1.82) is 0 Å². The molecule has 3 nitrogen and oxygen atoms in total. The van der Waals surface area contributed by atoms with Gasteiger partial charge in [-0.05, 0) is 44.4 Å². The van der Waals surface area contributed by atoms with Gasteiger partial charge in [0.25, 0.3) is 0 Å². The van der Waals surface area contributed by atoms with Crippen LogP contribution < -0.4 is 5.32 Å². The molecule has 0 aliphatic carbocycles.